The van der Waals surface area contributed by atoms with Gasteiger partial charge >= 0.3 is 12.0 Å². The SMILES string of the molecule is CC(O)C1CCN(C(=O)NCc2ccc(C(=O)O)o2)C1. The summed E-state index contributed by atoms with van der Waals surface area (Å²) < 4.78 is 5.04. The van der Waals surface area contributed by atoms with Crippen LogP contribution in [-0.2, 0) is 6.54 Å². The first-order chi connectivity index (χ1) is 9.47. The van der Waals surface area contributed by atoms with E-state index in [1.165, 1.54) is 12.1 Å². The Hall–Kier alpha value is -2.02. The number of nitrogens with one attached hydrogen (secondary N) is 1. The number of carboxylic acids is 1. The highest BCUT2D eigenvalue weighted by Crippen LogP contribution is 2.19. The molecule has 2 heterocycles. The van der Waals surface area contributed by atoms with Gasteiger partial charge < -0.3 is 24.8 Å². The maximum atomic E-state index is 11.9. The van der Waals surface area contributed by atoms with Crippen LogP contribution < -0.4 is 5.32 Å². The van der Waals surface area contributed by atoms with Crippen molar-refractivity contribution in [3.63, 3.8) is 0 Å². The molecule has 0 aliphatic carbocycles. The molecule has 3 N–H and O–H groups in total. The van der Waals surface area contributed by atoms with Crippen LogP contribution in [0.4, 0.5) is 4.79 Å². The highest BCUT2D eigenvalue weighted by Gasteiger charge is 2.28. The summed E-state index contributed by atoms with van der Waals surface area (Å²) in [5.41, 5.74) is 0. The Morgan fingerprint density at radius 2 is 2.30 bits per heavy atom. The van der Waals surface area contributed by atoms with E-state index in [-0.39, 0.29) is 24.3 Å². The molecule has 2 amide bonds. The maximum absolute atomic E-state index is 11.9. The predicted molar refractivity (Wildman–Crippen MR) is 69.3 cm³/mol. The molecule has 7 heteroatoms. The average Bonchev–Trinajstić information content (AvgIpc) is 3.05. The number of urea groups is 1. The number of rotatable bonds is 4. The van der Waals surface area contributed by atoms with Crippen molar-refractivity contribution in [2.24, 2.45) is 5.92 Å². The summed E-state index contributed by atoms with van der Waals surface area (Å²) in [5, 5.41) is 20.9. The maximum Gasteiger partial charge on any atom is 0.371 e. The number of hydrogen-bond acceptors (Lipinski definition) is 4. The van der Waals surface area contributed by atoms with Gasteiger partial charge in [-0.15, -0.1) is 0 Å². The number of amides is 2. The lowest BCUT2D eigenvalue weighted by molar-refractivity contribution is 0.0660. The Balaban J connectivity index is 1.82. The van der Waals surface area contributed by atoms with Crippen molar-refractivity contribution in [3.05, 3.63) is 23.7 Å². The minimum atomic E-state index is -1.14. The topological polar surface area (TPSA) is 103 Å². The molecular formula is C13H18N2O5. The second kappa shape index (κ2) is 5.96. The summed E-state index contributed by atoms with van der Waals surface area (Å²) in [4.78, 5) is 24.2. The fourth-order valence-electron chi connectivity index (χ4n) is 2.23. The Labute approximate surface area is 116 Å². The third-order valence-corrected chi connectivity index (χ3v) is 3.48. The van der Waals surface area contributed by atoms with E-state index in [9.17, 15) is 14.7 Å². The molecule has 2 atom stereocenters. The second-order valence-electron chi connectivity index (χ2n) is 4.97. The first-order valence-electron chi connectivity index (χ1n) is 6.50. The number of likely N-dealkylation sites (tertiary alicyclic amines) is 1. The number of aliphatic hydroxyl groups excluding tert-OH is 1. The van der Waals surface area contributed by atoms with Crippen LogP contribution in [0.2, 0.25) is 0 Å². The zero-order chi connectivity index (χ0) is 14.7. The van der Waals surface area contributed by atoms with Gasteiger partial charge in [0.2, 0.25) is 5.76 Å². The number of carbonyl (C=O) groups excluding carboxylic acids is 1. The summed E-state index contributed by atoms with van der Waals surface area (Å²) >= 11 is 0. The lowest BCUT2D eigenvalue weighted by Gasteiger charge is -2.18. The number of hydrogen-bond donors (Lipinski definition) is 3. The summed E-state index contributed by atoms with van der Waals surface area (Å²) in [6, 6.07) is 2.64. The predicted octanol–water partition coefficient (Wildman–Crippen LogP) is 0.890. The summed E-state index contributed by atoms with van der Waals surface area (Å²) in [5.74, 6) is -0.781. The van der Waals surface area contributed by atoms with Crippen molar-refractivity contribution < 1.29 is 24.2 Å². The summed E-state index contributed by atoms with van der Waals surface area (Å²) in [6.45, 7) is 3.01. The molecule has 1 fully saturated rings. The van der Waals surface area contributed by atoms with E-state index < -0.39 is 12.1 Å². The van der Waals surface area contributed by atoms with Gasteiger partial charge in [-0.25, -0.2) is 9.59 Å². The number of carbonyl (C=O) groups is 2. The smallest absolute Gasteiger partial charge is 0.371 e. The third-order valence-electron chi connectivity index (χ3n) is 3.48. The first kappa shape index (κ1) is 14.4. The van der Waals surface area contributed by atoms with Crippen LogP contribution in [0.5, 0.6) is 0 Å². The molecule has 1 aliphatic rings. The van der Waals surface area contributed by atoms with Crippen LogP contribution in [0.1, 0.15) is 29.7 Å². The molecule has 0 aromatic carbocycles. The van der Waals surface area contributed by atoms with Gasteiger partial charge in [0.15, 0.2) is 0 Å². The monoisotopic (exact) mass is 282 g/mol. The Kier molecular flexibility index (Phi) is 4.29. The van der Waals surface area contributed by atoms with Crippen LogP contribution in [-0.4, -0.2) is 46.3 Å². The lowest BCUT2D eigenvalue weighted by atomic mass is 10.0. The van der Waals surface area contributed by atoms with Gasteiger partial charge in [-0.3, -0.25) is 0 Å². The van der Waals surface area contributed by atoms with E-state index in [0.29, 0.717) is 18.8 Å². The van der Waals surface area contributed by atoms with Crippen LogP contribution >= 0.6 is 0 Å². The number of furan rings is 1. The van der Waals surface area contributed by atoms with Gasteiger partial charge in [0.1, 0.15) is 5.76 Å². The van der Waals surface area contributed by atoms with Gasteiger partial charge in [-0.05, 0) is 25.5 Å². The fraction of sp³-hybridized carbons (Fsp3) is 0.538. The zero-order valence-electron chi connectivity index (χ0n) is 11.2. The Morgan fingerprint density at radius 3 is 2.85 bits per heavy atom. The van der Waals surface area contributed by atoms with Crippen molar-refractivity contribution in [2.45, 2.75) is 26.0 Å². The van der Waals surface area contributed by atoms with Gasteiger partial charge in [-0.1, -0.05) is 0 Å². The molecule has 0 spiro atoms. The van der Waals surface area contributed by atoms with E-state index >= 15 is 0 Å². The molecule has 0 saturated carbocycles. The summed E-state index contributed by atoms with van der Waals surface area (Å²) in [6.07, 6.45) is 0.366. The highest BCUT2D eigenvalue weighted by atomic mass is 16.4. The van der Waals surface area contributed by atoms with E-state index in [4.69, 9.17) is 9.52 Å². The fourth-order valence-corrected chi connectivity index (χ4v) is 2.23. The average molecular weight is 282 g/mol. The Bertz CT molecular complexity index is 497. The molecule has 20 heavy (non-hydrogen) atoms. The van der Waals surface area contributed by atoms with E-state index in [2.05, 4.69) is 5.32 Å². The molecule has 2 rings (SSSR count). The van der Waals surface area contributed by atoms with Crippen molar-refractivity contribution in [1.29, 1.82) is 0 Å². The molecule has 1 aromatic rings. The zero-order valence-corrected chi connectivity index (χ0v) is 11.2. The van der Waals surface area contributed by atoms with Gasteiger partial charge in [0.05, 0.1) is 12.6 Å². The second-order valence-corrected chi connectivity index (χ2v) is 4.97. The Morgan fingerprint density at radius 1 is 1.55 bits per heavy atom. The van der Waals surface area contributed by atoms with Crippen molar-refractivity contribution in [1.82, 2.24) is 10.2 Å². The highest BCUT2D eigenvalue weighted by molar-refractivity contribution is 5.84. The van der Waals surface area contributed by atoms with Crippen molar-refractivity contribution >= 4 is 12.0 Å². The standard InChI is InChI=1S/C13H18N2O5/c1-8(16)9-4-5-15(7-9)13(19)14-6-10-2-3-11(20-10)12(17)18/h2-3,8-9,16H,4-7H2,1H3,(H,14,19)(H,17,18). The van der Waals surface area contributed by atoms with E-state index in [0.717, 1.165) is 6.42 Å². The first-order valence-corrected chi connectivity index (χ1v) is 6.50. The number of nitrogens with zero attached hydrogens (tertiary/aromatic N) is 1. The van der Waals surface area contributed by atoms with Gasteiger partial charge in [0, 0.05) is 19.0 Å². The van der Waals surface area contributed by atoms with Crippen LogP contribution in [0.25, 0.3) is 0 Å². The van der Waals surface area contributed by atoms with E-state index in [1.807, 2.05) is 0 Å². The summed E-state index contributed by atoms with van der Waals surface area (Å²) in [7, 11) is 0. The van der Waals surface area contributed by atoms with Crippen LogP contribution in [0, 0.1) is 5.92 Å². The third kappa shape index (κ3) is 3.30. The van der Waals surface area contributed by atoms with Crippen molar-refractivity contribution in [3.8, 4) is 0 Å². The normalized spacial score (nSPS) is 19.9. The molecule has 0 bridgehead atoms. The molecule has 7 nitrogen and oxygen atoms in total. The van der Waals surface area contributed by atoms with Crippen LogP contribution in [0.15, 0.2) is 16.5 Å². The number of carboxylic acid groups (broad SMARTS) is 1. The number of aliphatic hydroxyl groups is 1. The molecule has 0 radical (unpaired) electrons. The van der Waals surface area contributed by atoms with Gasteiger partial charge in [-0.2, -0.15) is 0 Å². The molecular weight excluding hydrogens is 264 g/mol. The van der Waals surface area contributed by atoms with Crippen molar-refractivity contribution in [2.75, 3.05) is 13.1 Å². The minimum Gasteiger partial charge on any atom is -0.475 e. The number of aromatic carboxylic acids is 1. The molecule has 1 saturated heterocycles. The quantitative estimate of drug-likeness (QED) is 0.761. The largest absolute Gasteiger partial charge is 0.475 e. The lowest BCUT2D eigenvalue weighted by Crippen LogP contribution is -2.38. The molecule has 110 valence electrons. The molecule has 2 unspecified atom stereocenters. The van der Waals surface area contributed by atoms with Gasteiger partial charge in [0.25, 0.3) is 0 Å². The molecule has 1 aromatic heterocycles. The van der Waals surface area contributed by atoms with Crippen LogP contribution in [0.3, 0.4) is 0 Å². The van der Waals surface area contributed by atoms with E-state index in [1.54, 1.807) is 11.8 Å². The molecule has 1 aliphatic heterocycles. The minimum absolute atomic E-state index is 0.114.